The first kappa shape index (κ1) is 34.3. The molecule has 250 valence electrons. The van der Waals surface area contributed by atoms with Gasteiger partial charge in [0.15, 0.2) is 28.9 Å². The molecule has 2 heterocycles. The van der Waals surface area contributed by atoms with Gasteiger partial charge in [-0.15, -0.1) is 0 Å². The number of carboxylic acids is 2. The van der Waals surface area contributed by atoms with Gasteiger partial charge < -0.3 is 39.0 Å². The van der Waals surface area contributed by atoms with Gasteiger partial charge in [-0.1, -0.05) is 13.8 Å². The van der Waals surface area contributed by atoms with E-state index in [-0.39, 0.29) is 56.1 Å². The maximum absolute atomic E-state index is 15.8. The van der Waals surface area contributed by atoms with E-state index in [0.29, 0.717) is 24.6 Å². The second kappa shape index (κ2) is 14.2. The van der Waals surface area contributed by atoms with E-state index in [9.17, 15) is 19.2 Å². The number of benzene rings is 2. The summed E-state index contributed by atoms with van der Waals surface area (Å²) in [5, 5.41) is 18.3. The number of hydrogen-bond donors (Lipinski definition) is 2. The Morgan fingerprint density at radius 3 is 1.96 bits per heavy atom. The topological polar surface area (TPSA) is 152 Å². The van der Waals surface area contributed by atoms with Crippen LogP contribution in [0.15, 0.2) is 12.1 Å². The van der Waals surface area contributed by atoms with Crippen molar-refractivity contribution in [2.75, 3.05) is 27.4 Å². The first-order chi connectivity index (χ1) is 21.8. The molecule has 2 aromatic rings. The van der Waals surface area contributed by atoms with Crippen LogP contribution < -0.4 is 18.9 Å². The number of ether oxygens (including phenoxy) is 4. The number of carbonyl (C=O) groups excluding carboxylic acids is 2. The van der Waals surface area contributed by atoms with Crippen molar-refractivity contribution in [1.82, 2.24) is 9.80 Å². The molecule has 14 heteroatoms. The number of aliphatic carboxylic acids is 2. The lowest BCUT2D eigenvalue weighted by molar-refractivity contribution is -0.146. The number of carboxylic acid groups (broad SMARTS) is 2. The molecule has 0 aromatic heterocycles. The van der Waals surface area contributed by atoms with E-state index >= 15 is 8.78 Å². The highest BCUT2D eigenvalue weighted by atomic mass is 19.1. The maximum Gasteiger partial charge on any atom is 0.306 e. The molecular formula is C32H38F2N2O10. The Morgan fingerprint density at radius 2 is 1.39 bits per heavy atom. The molecule has 2 aliphatic rings. The third-order valence-corrected chi connectivity index (χ3v) is 8.33. The first-order valence-corrected chi connectivity index (χ1v) is 14.8. The highest BCUT2D eigenvalue weighted by Crippen LogP contribution is 2.46. The predicted molar refractivity (Wildman–Crippen MR) is 158 cm³/mol. The summed E-state index contributed by atoms with van der Waals surface area (Å²) in [6.07, 6.45) is -0.161. The van der Waals surface area contributed by atoms with E-state index in [2.05, 4.69) is 0 Å². The van der Waals surface area contributed by atoms with E-state index in [0.717, 1.165) is 11.1 Å². The summed E-state index contributed by atoms with van der Waals surface area (Å²) < 4.78 is 53.4. The van der Waals surface area contributed by atoms with Gasteiger partial charge in [0.05, 0.1) is 45.3 Å². The molecule has 2 N–H and O–H groups in total. The molecule has 2 amide bonds. The predicted octanol–water partition coefficient (Wildman–Crippen LogP) is 4.30. The highest BCUT2D eigenvalue weighted by Gasteiger charge is 2.39. The molecule has 0 saturated carbocycles. The van der Waals surface area contributed by atoms with Crippen LogP contribution in [0, 0.1) is 23.5 Å². The summed E-state index contributed by atoms with van der Waals surface area (Å²) in [6.45, 7) is 4.84. The van der Waals surface area contributed by atoms with Gasteiger partial charge in [-0.25, -0.2) is 8.78 Å². The average molecular weight is 649 g/mol. The Hall–Kier alpha value is -4.62. The van der Waals surface area contributed by atoms with E-state index in [1.807, 2.05) is 0 Å². The van der Waals surface area contributed by atoms with Crippen LogP contribution in [0.5, 0.6) is 23.0 Å². The van der Waals surface area contributed by atoms with Crippen LogP contribution in [-0.2, 0) is 38.8 Å². The van der Waals surface area contributed by atoms with Crippen LogP contribution in [0.4, 0.5) is 8.78 Å². The quantitative estimate of drug-likeness (QED) is 0.284. The van der Waals surface area contributed by atoms with Crippen LogP contribution in [0.25, 0.3) is 0 Å². The lowest BCUT2D eigenvalue weighted by atomic mass is 10.0. The lowest BCUT2D eigenvalue weighted by Crippen LogP contribution is -2.31. The van der Waals surface area contributed by atoms with Gasteiger partial charge in [0.25, 0.3) is 0 Å². The van der Waals surface area contributed by atoms with E-state index in [1.54, 1.807) is 17.0 Å². The SMILES string of the molecule is COc1cc2c(cc1OCCCOc1c(F)c3c(c(F)c1OC)CN(C(=O)CC(C)C(=O)O)C3C)CN(C(=O)CC(C)C(=O)O)C2. The van der Waals surface area contributed by atoms with E-state index < -0.39 is 58.9 Å². The fourth-order valence-electron chi connectivity index (χ4n) is 5.59. The van der Waals surface area contributed by atoms with E-state index in [4.69, 9.17) is 29.2 Å². The molecule has 0 saturated heterocycles. The molecule has 0 radical (unpaired) electrons. The third kappa shape index (κ3) is 6.95. The number of amides is 2. The molecule has 0 fully saturated rings. The lowest BCUT2D eigenvalue weighted by Gasteiger charge is -2.23. The van der Waals surface area contributed by atoms with Gasteiger partial charge in [0.1, 0.15) is 0 Å². The van der Waals surface area contributed by atoms with Crippen LogP contribution in [-0.4, -0.2) is 71.2 Å². The Bertz CT molecular complexity index is 1530. The van der Waals surface area contributed by atoms with Crippen LogP contribution in [0.1, 0.15) is 68.3 Å². The number of hydrogen-bond acceptors (Lipinski definition) is 8. The van der Waals surface area contributed by atoms with Gasteiger partial charge in [-0.3, -0.25) is 19.2 Å². The van der Waals surface area contributed by atoms with Crippen LogP contribution >= 0.6 is 0 Å². The van der Waals surface area contributed by atoms with Crippen molar-refractivity contribution in [3.63, 3.8) is 0 Å². The zero-order valence-electron chi connectivity index (χ0n) is 26.4. The number of fused-ring (bicyclic) bond motifs is 2. The van der Waals surface area contributed by atoms with Gasteiger partial charge in [-0.2, -0.15) is 0 Å². The van der Waals surface area contributed by atoms with Crippen molar-refractivity contribution in [3.8, 4) is 23.0 Å². The van der Waals surface area contributed by atoms with Crippen LogP contribution in [0.2, 0.25) is 0 Å². The normalized spacial score (nSPS) is 16.4. The molecular weight excluding hydrogens is 610 g/mol. The molecule has 4 rings (SSSR count). The van der Waals surface area contributed by atoms with Crippen molar-refractivity contribution in [2.24, 2.45) is 11.8 Å². The fourth-order valence-corrected chi connectivity index (χ4v) is 5.59. The summed E-state index contributed by atoms with van der Waals surface area (Å²) in [4.78, 5) is 50.5. The molecule has 2 aromatic carbocycles. The minimum Gasteiger partial charge on any atom is -0.493 e. The van der Waals surface area contributed by atoms with Crippen LogP contribution in [0.3, 0.4) is 0 Å². The summed E-state index contributed by atoms with van der Waals surface area (Å²) >= 11 is 0. The Balaban J connectivity index is 1.39. The molecule has 0 bridgehead atoms. The van der Waals surface area contributed by atoms with E-state index in [1.165, 1.54) is 39.9 Å². The van der Waals surface area contributed by atoms with Crippen molar-refractivity contribution in [2.45, 2.75) is 65.7 Å². The Labute approximate surface area is 264 Å². The third-order valence-electron chi connectivity index (χ3n) is 8.33. The summed E-state index contributed by atoms with van der Waals surface area (Å²) in [7, 11) is 2.65. The van der Waals surface area contributed by atoms with Gasteiger partial charge >= 0.3 is 11.9 Å². The van der Waals surface area contributed by atoms with Gasteiger partial charge in [-0.05, 0) is 30.2 Å². The summed E-state index contributed by atoms with van der Waals surface area (Å²) in [5.74, 6) is -6.47. The van der Waals surface area contributed by atoms with Gasteiger partial charge in [0, 0.05) is 50.0 Å². The van der Waals surface area contributed by atoms with Crippen molar-refractivity contribution in [3.05, 3.63) is 46.0 Å². The minimum absolute atomic E-state index is 0.0470. The van der Waals surface area contributed by atoms with Gasteiger partial charge in [0.2, 0.25) is 17.6 Å². The first-order valence-electron chi connectivity index (χ1n) is 14.8. The largest absolute Gasteiger partial charge is 0.493 e. The second-order valence-corrected chi connectivity index (χ2v) is 11.5. The van der Waals surface area contributed by atoms with Crippen molar-refractivity contribution in [1.29, 1.82) is 0 Å². The zero-order valence-corrected chi connectivity index (χ0v) is 26.4. The number of methoxy groups -OCH3 is 2. The fraction of sp³-hybridized carbons (Fsp3) is 0.500. The molecule has 2 aliphatic heterocycles. The van der Waals surface area contributed by atoms with Crippen molar-refractivity contribution >= 4 is 23.8 Å². The number of carbonyl (C=O) groups is 4. The standard InChI is InChI=1S/C32H38F2N2O10/c1-16(31(39)40)9-24(37)35-13-19-11-22(43-4)23(12-20(19)14-35)45-7-6-8-46-30-28(34)26-18(3)36(25(38)10-17(2)32(41)42)15-21(26)27(33)29(30)44-5/h11-12,16-18H,6-10,13-15H2,1-5H3,(H,39,40)(H,41,42). The smallest absolute Gasteiger partial charge is 0.306 e. The second-order valence-electron chi connectivity index (χ2n) is 11.5. The molecule has 3 unspecified atom stereocenters. The average Bonchev–Trinajstić information content (AvgIpc) is 3.59. The van der Waals surface area contributed by atoms with Crippen molar-refractivity contribution < 1.29 is 57.1 Å². The summed E-state index contributed by atoms with van der Waals surface area (Å²) in [5.41, 5.74) is 1.60. The number of nitrogens with zero attached hydrogens (tertiary/aromatic N) is 2. The molecule has 12 nitrogen and oxygen atoms in total. The molecule has 46 heavy (non-hydrogen) atoms. The molecule has 0 spiro atoms. The Kier molecular flexibility index (Phi) is 10.6. The summed E-state index contributed by atoms with van der Waals surface area (Å²) in [6, 6.07) is 2.67. The minimum atomic E-state index is -1.14. The molecule has 3 atom stereocenters. The highest BCUT2D eigenvalue weighted by molar-refractivity contribution is 5.83. The monoisotopic (exact) mass is 648 g/mol. The maximum atomic E-state index is 15.8. The number of rotatable bonds is 14. The zero-order chi connectivity index (χ0) is 33.9. The Morgan fingerprint density at radius 1 is 0.826 bits per heavy atom. The number of halogens is 2. The molecule has 0 aliphatic carbocycles.